The highest BCUT2D eigenvalue weighted by Gasteiger charge is 2.27. The zero-order valence-electron chi connectivity index (χ0n) is 11.1. The number of aromatic nitrogens is 2. The molecular formula is C16H12N2O3. The second-order valence-electron chi connectivity index (χ2n) is 4.69. The zero-order valence-corrected chi connectivity index (χ0v) is 11.1. The monoisotopic (exact) mass is 280 g/mol. The number of hydrogen-bond donors (Lipinski definition) is 0. The van der Waals surface area contributed by atoms with E-state index in [4.69, 9.17) is 14.0 Å². The van der Waals surface area contributed by atoms with Gasteiger partial charge in [-0.05, 0) is 12.1 Å². The Hall–Kier alpha value is -2.82. The van der Waals surface area contributed by atoms with Crippen LogP contribution < -0.4 is 9.47 Å². The van der Waals surface area contributed by atoms with Crippen molar-refractivity contribution in [1.29, 1.82) is 0 Å². The molecule has 0 N–H and O–H groups in total. The van der Waals surface area contributed by atoms with Crippen LogP contribution >= 0.6 is 0 Å². The number of nitrogens with zero attached hydrogens (tertiary/aromatic N) is 2. The van der Waals surface area contributed by atoms with E-state index in [-0.39, 0.29) is 6.10 Å². The first-order valence-corrected chi connectivity index (χ1v) is 6.68. The first-order valence-electron chi connectivity index (χ1n) is 6.68. The van der Waals surface area contributed by atoms with Crippen molar-refractivity contribution in [3.05, 3.63) is 60.5 Å². The van der Waals surface area contributed by atoms with Crippen molar-refractivity contribution < 1.29 is 14.0 Å². The lowest BCUT2D eigenvalue weighted by Gasteiger charge is -2.23. The molecule has 0 saturated heterocycles. The molecule has 0 unspecified atom stereocenters. The molecule has 1 aliphatic heterocycles. The van der Waals surface area contributed by atoms with E-state index in [2.05, 4.69) is 10.1 Å². The zero-order chi connectivity index (χ0) is 14.1. The molecule has 1 aliphatic rings. The van der Waals surface area contributed by atoms with Gasteiger partial charge in [0.05, 0.1) is 0 Å². The summed E-state index contributed by atoms with van der Waals surface area (Å²) in [7, 11) is 0. The molecule has 0 aliphatic carbocycles. The lowest BCUT2D eigenvalue weighted by molar-refractivity contribution is 0.0665. The van der Waals surface area contributed by atoms with Gasteiger partial charge in [-0.3, -0.25) is 0 Å². The number of ether oxygens (including phenoxy) is 2. The van der Waals surface area contributed by atoms with Gasteiger partial charge < -0.3 is 14.0 Å². The summed E-state index contributed by atoms with van der Waals surface area (Å²) in [6.07, 6.45) is -0.384. The molecular weight excluding hydrogens is 268 g/mol. The lowest BCUT2D eigenvalue weighted by atomic mass is 10.2. The Balaban J connectivity index is 1.60. The summed E-state index contributed by atoms with van der Waals surface area (Å²) in [5, 5.41) is 4.00. The predicted molar refractivity (Wildman–Crippen MR) is 75.0 cm³/mol. The number of fused-ring (bicyclic) bond motifs is 1. The van der Waals surface area contributed by atoms with Crippen molar-refractivity contribution in [3.63, 3.8) is 0 Å². The van der Waals surface area contributed by atoms with Crippen molar-refractivity contribution in [3.8, 4) is 22.9 Å². The van der Waals surface area contributed by atoms with Crippen LogP contribution in [0.25, 0.3) is 11.4 Å². The number of benzene rings is 2. The summed E-state index contributed by atoms with van der Waals surface area (Å²) in [6, 6.07) is 17.2. The molecule has 4 rings (SSSR count). The van der Waals surface area contributed by atoms with Gasteiger partial charge in [0.1, 0.15) is 6.61 Å². The summed E-state index contributed by atoms with van der Waals surface area (Å²) in [5.41, 5.74) is 0.907. The smallest absolute Gasteiger partial charge is 0.271 e. The van der Waals surface area contributed by atoms with E-state index >= 15 is 0 Å². The Kier molecular flexibility index (Phi) is 2.81. The van der Waals surface area contributed by atoms with Crippen molar-refractivity contribution in [2.75, 3.05) is 6.61 Å². The summed E-state index contributed by atoms with van der Waals surface area (Å²) in [4.78, 5) is 4.39. The topological polar surface area (TPSA) is 57.4 Å². The molecule has 5 heteroatoms. The van der Waals surface area contributed by atoms with Gasteiger partial charge in [0, 0.05) is 5.56 Å². The van der Waals surface area contributed by atoms with Crippen LogP contribution in [0.2, 0.25) is 0 Å². The molecule has 2 heterocycles. The second kappa shape index (κ2) is 4.94. The van der Waals surface area contributed by atoms with Gasteiger partial charge in [0.15, 0.2) is 11.5 Å². The van der Waals surface area contributed by atoms with Crippen LogP contribution in [0.1, 0.15) is 12.0 Å². The molecule has 3 aromatic rings. The van der Waals surface area contributed by atoms with Crippen molar-refractivity contribution >= 4 is 0 Å². The molecule has 104 valence electrons. The van der Waals surface area contributed by atoms with E-state index in [1.54, 1.807) is 0 Å². The highest BCUT2D eigenvalue weighted by Crippen LogP contribution is 2.35. The Bertz CT molecular complexity index is 755. The fraction of sp³-hybridized carbons (Fsp3) is 0.125. The maximum atomic E-state index is 5.85. The minimum Gasteiger partial charge on any atom is -0.485 e. The molecule has 1 aromatic heterocycles. The molecule has 0 radical (unpaired) electrons. The summed E-state index contributed by atoms with van der Waals surface area (Å²) in [5.74, 6) is 2.39. The van der Waals surface area contributed by atoms with Crippen LogP contribution in [0, 0.1) is 0 Å². The van der Waals surface area contributed by atoms with Gasteiger partial charge in [-0.15, -0.1) is 0 Å². The average Bonchev–Trinajstić information content (AvgIpc) is 3.05. The third-order valence-corrected chi connectivity index (χ3v) is 3.26. The van der Waals surface area contributed by atoms with Crippen LogP contribution in [0.15, 0.2) is 59.1 Å². The van der Waals surface area contributed by atoms with Crippen molar-refractivity contribution in [2.24, 2.45) is 0 Å². The second-order valence-corrected chi connectivity index (χ2v) is 4.69. The van der Waals surface area contributed by atoms with Crippen LogP contribution in [0.5, 0.6) is 11.5 Å². The van der Waals surface area contributed by atoms with Crippen LogP contribution in [0.3, 0.4) is 0 Å². The Morgan fingerprint density at radius 1 is 0.905 bits per heavy atom. The summed E-state index contributed by atoms with van der Waals surface area (Å²) >= 11 is 0. The highest BCUT2D eigenvalue weighted by atomic mass is 16.6. The van der Waals surface area contributed by atoms with E-state index in [1.807, 2.05) is 54.6 Å². The molecule has 0 amide bonds. The fourth-order valence-corrected chi connectivity index (χ4v) is 2.21. The van der Waals surface area contributed by atoms with Gasteiger partial charge in [-0.1, -0.05) is 47.6 Å². The van der Waals surface area contributed by atoms with E-state index in [1.165, 1.54) is 0 Å². The number of rotatable bonds is 2. The van der Waals surface area contributed by atoms with E-state index in [0.29, 0.717) is 24.1 Å². The molecule has 0 spiro atoms. The third kappa shape index (κ3) is 2.23. The molecule has 1 atom stereocenters. The van der Waals surface area contributed by atoms with Gasteiger partial charge in [-0.25, -0.2) is 0 Å². The minimum absolute atomic E-state index is 0.355. The Morgan fingerprint density at radius 2 is 1.67 bits per heavy atom. The fourth-order valence-electron chi connectivity index (χ4n) is 2.21. The molecule has 2 aromatic carbocycles. The van der Waals surface area contributed by atoms with Gasteiger partial charge in [-0.2, -0.15) is 4.98 Å². The molecule has 21 heavy (non-hydrogen) atoms. The van der Waals surface area contributed by atoms with Gasteiger partial charge in [0.25, 0.3) is 5.89 Å². The number of para-hydroxylation sites is 2. The SMILES string of the molecule is c1ccc(-c2noc([C@H]3COc4ccccc4O3)n2)cc1. The normalized spacial score (nSPS) is 16.7. The maximum Gasteiger partial charge on any atom is 0.271 e. The predicted octanol–water partition coefficient (Wildman–Crippen LogP) is 3.25. The minimum atomic E-state index is -0.384. The average molecular weight is 280 g/mol. The lowest BCUT2D eigenvalue weighted by Crippen LogP contribution is -2.21. The first-order chi connectivity index (χ1) is 10.4. The molecule has 0 saturated carbocycles. The van der Waals surface area contributed by atoms with Crippen LogP contribution in [0.4, 0.5) is 0 Å². The first kappa shape index (κ1) is 12.0. The van der Waals surface area contributed by atoms with Crippen molar-refractivity contribution in [2.45, 2.75) is 6.10 Å². The van der Waals surface area contributed by atoms with E-state index in [0.717, 1.165) is 11.3 Å². The molecule has 0 fully saturated rings. The van der Waals surface area contributed by atoms with Crippen molar-refractivity contribution in [1.82, 2.24) is 10.1 Å². The standard InChI is InChI=1S/C16H12N2O3/c1-2-6-11(7-3-1)15-17-16(21-18-15)14-10-19-12-8-4-5-9-13(12)20-14/h1-9,14H,10H2/t14-/m1/s1. The maximum absolute atomic E-state index is 5.85. The molecule has 5 nitrogen and oxygen atoms in total. The third-order valence-electron chi connectivity index (χ3n) is 3.26. The summed E-state index contributed by atoms with van der Waals surface area (Å²) < 4.78 is 16.8. The Labute approximate surface area is 121 Å². The quantitative estimate of drug-likeness (QED) is 0.721. The van der Waals surface area contributed by atoms with E-state index < -0.39 is 0 Å². The van der Waals surface area contributed by atoms with E-state index in [9.17, 15) is 0 Å². The van der Waals surface area contributed by atoms with Gasteiger partial charge >= 0.3 is 0 Å². The van der Waals surface area contributed by atoms with Gasteiger partial charge in [0.2, 0.25) is 11.9 Å². The Morgan fingerprint density at radius 3 is 2.52 bits per heavy atom. The largest absolute Gasteiger partial charge is 0.485 e. The van der Waals surface area contributed by atoms with Crippen LogP contribution in [-0.4, -0.2) is 16.7 Å². The number of hydrogen-bond acceptors (Lipinski definition) is 5. The summed E-state index contributed by atoms with van der Waals surface area (Å²) in [6.45, 7) is 0.355. The van der Waals surface area contributed by atoms with Crippen LogP contribution in [-0.2, 0) is 0 Å². The molecule has 0 bridgehead atoms. The highest BCUT2D eigenvalue weighted by molar-refractivity contribution is 5.53.